The van der Waals surface area contributed by atoms with Crippen molar-refractivity contribution in [3.8, 4) is 0 Å². The van der Waals surface area contributed by atoms with E-state index in [1.54, 1.807) is 6.07 Å². The maximum Gasteiger partial charge on any atom is 0.0496 e. The minimum atomic E-state index is 0.648. The summed E-state index contributed by atoms with van der Waals surface area (Å²) in [6.07, 6.45) is 2.15. The van der Waals surface area contributed by atoms with E-state index in [1.165, 1.54) is 27.7 Å². The Morgan fingerprint density at radius 1 is 1.07 bits per heavy atom. The second-order valence-electron chi connectivity index (χ2n) is 7.56. The van der Waals surface area contributed by atoms with Gasteiger partial charge >= 0.3 is 0 Å². The van der Waals surface area contributed by atoms with Crippen molar-refractivity contribution in [1.82, 2.24) is 9.47 Å². The molecule has 0 fully saturated rings. The first-order valence-electron chi connectivity index (χ1n) is 9.36. The number of aromatic nitrogens is 1. The van der Waals surface area contributed by atoms with Gasteiger partial charge in [0.05, 0.1) is 0 Å². The molecule has 0 spiro atoms. The van der Waals surface area contributed by atoms with Crippen LogP contribution in [-0.4, -0.2) is 29.6 Å². The predicted octanol–water partition coefficient (Wildman–Crippen LogP) is 6.00. The van der Waals surface area contributed by atoms with E-state index >= 15 is 0 Å². The normalized spacial score (nSPS) is 15.0. The summed E-state index contributed by atoms with van der Waals surface area (Å²) in [7, 11) is 2.20. The maximum atomic E-state index is 6.43. The summed E-state index contributed by atoms with van der Waals surface area (Å²) in [6, 6.07) is 12.4. The zero-order chi connectivity index (χ0) is 19.1. The number of aryl methyl sites for hydroxylation is 1. The number of rotatable bonds is 3. The molecule has 0 saturated heterocycles. The molecule has 2 nitrogen and oxygen atoms in total. The lowest BCUT2D eigenvalue weighted by Gasteiger charge is -2.16. The van der Waals surface area contributed by atoms with Crippen LogP contribution >= 0.6 is 23.2 Å². The highest BCUT2D eigenvalue weighted by molar-refractivity contribution is 6.35. The zero-order valence-electron chi connectivity index (χ0n) is 15.9. The maximum absolute atomic E-state index is 6.43. The van der Waals surface area contributed by atoms with Gasteiger partial charge in [-0.3, -0.25) is 0 Å². The van der Waals surface area contributed by atoms with Crippen molar-refractivity contribution in [2.75, 3.05) is 20.1 Å². The summed E-state index contributed by atoms with van der Waals surface area (Å²) in [5.41, 5.74) is 7.50. The highest BCUT2D eigenvalue weighted by Gasteiger charge is 2.21. The Labute approximate surface area is 171 Å². The quantitative estimate of drug-likeness (QED) is 0.524. The van der Waals surface area contributed by atoms with Gasteiger partial charge in [0.25, 0.3) is 0 Å². The van der Waals surface area contributed by atoms with Gasteiger partial charge in [-0.2, -0.15) is 0 Å². The number of likely N-dealkylation sites (N-methyl/N-ethyl adjacent to an activating group) is 1. The molecule has 140 valence electrons. The van der Waals surface area contributed by atoms with Crippen LogP contribution in [0.4, 0.5) is 0 Å². The van der Waals surface area contributed by atoms with E-state index in [0.29, 0.717) is 10.0 Å². The number of nitrogens with zero attached hydrogens (tertiary/aromatic N) is 2. The van der Waals surface area contributed by atoms with Gasteiger partial charge in [-0.25, -0.2) is 0 Å². The van der Waals surface area contributed by atoms with Gasteiger partial charge in [-0.15, -0.1) is 0 Å². The molecule has 0 unspecified atom stereocenters. The third kappa shape index (κ3) is 3.54. The summed E-state index contributed by atoms with van der Waals surface area (Å²) in [5, 5.41) is 2.69. The fourth-order valence-electron chi connectivity index (χ4n) is 4.10. The van der Waals surface area contributed by atoms with Crippen molar-refractivity contribution in [1.29, 1.82) is 0 Å². The lowest BCUT2D eigenvalue weighted by molar-refractivity contribution is 0.351. The third-order valence-corrected chi connectivity index (χ3v) is 6.12. The topological polar surface area (TPSA) is 8.17 Å². The lowest BCUT2D eigenvalue weighted by Crippen LogP contribution is -2.21. The minimum Gasteiger partial charge on any atom is -0.340 e. The van der Waals surface area contributed by atoms with Gasteiger partial charge < -0.3 is 9.47 Å². The zero-order valence-corrected chi connectivity index (χ0v) is 17.4. The molecule has 1 aromatic heterocycles. The number of allylic oxidation sites excluding steroid dienone is 1. The van der Waals surface area contributed by atoms with E-state index in [4.69, 9.17) is 23.2 Å². The third-order valence-electron chi connectivity index (χ3n) is 5.58. The summed E-state index contributed by atoms with van der Waals surface area (Å²) in [5.74, 6) is 0. The molecule has 0 atom stereocenters. The first-order chi connectivity index (χ1) is 12.9. The molecule has 0 N–H and O–H groups in total. The Kier molecular flexibility index (Phi) is 5.07. The number of benzene rings is 2. The molecule has 0 radical (unpaired) electrons. The molecule has 0 amide bonds. The Hall–Kier alpha value is -1.74. The highest BCUT2D eigenvalue weighted by Crippen LogP contribution is 2.33. The summed E-state index contributed by atoms with van der Waals surface area (Å²) < 4.78 is 2.44. The summed E-state index contributed by atoms with van der Waals surface area (Å²) in [6.45, 7) is 9.43. The number of hydrogen-bond acceptors (Lipinski definition) is 1. The van der Waals surface area contributed by atoms with Crippen LogP contribution in [0, 0.1) is 6.92 Å². The Morgan fingerprint density at radius 3 is 2.63 bits per heavy atom. The average Bonchev–Trinajstić information content (AvgIpc) is 2.75. The van der Waals surface area contributed by atoms with Gasteiger partial charge in [0.2, 0.25) is 0 Å². The van der Waals surface area contributed by atoms with Crippen molar-refractivity contribution >= 4 is 39.7 Å². The van der Waals surface area contributed by atoms with Crippen LogP contribution in [0.15, 0.2) is 43.0 Å². The molecule has 3 aromatic rings. The van der Waals surface area contributed by atoms with E-state index in [0.717, 1.165) is 43.6 Å². The molecule has 27 heavy (non-hydrogen) atoms. The van der Waals surface area contributed by atoms with E-state index in [2.05, 4.69) is 48.2 Å². The SMILES string of the molecule is C=C(Cn1c2c(c3cc(C)ccc31)CCN(C)CC2)c1ccc(Cl)cc1Cl. The smallest absolute Gasteiger partial charge is 0.0496 e. The van der Waals surface area contributed by atoms with Gasteiger partial charge in [0.1, 0.15) is 0 Å². The largest absolute Gasteiger partial charge is 0.340 e. The molecular weight excluding hydrogens is 375 g/mol. The molecule has 0 aliphatic carbocycles. The summed E-state index contributed by atoms with van der Waals surface area (Å²) in [4.78, 5) is 2.41. The molecular formula is C23H24Cl2N2. The Bertz CT molecular complexity index is 1030. The van der Waals surface area contributed by atoms with E-state index in [9.17, 15) is 0 Å². The molecule has 0 bridgehead atoms. The van der Waals surface area contributed by atoms with Crippen molar-refractivity contribution in [2.24, 2.45) is 0 Å². The molecule has 1 aliphatic rings. The lowest BCUT2D eigenvalue weighted by atomic mass is 10.1. The van der Waals surface area contributed by atoms with E-state index in [-0.39, 0.29) is 0 Å². The van der Waals surface area contributed by atoms with Crippen LogP contribution in [0.2, 0.25) is 10.0 Å². The number of halogens is 2. The Morgan fingerprint density at radius 2 is 1.85 bits per heavy atom. The number of fused-ring (bicyclic) bond motifs is 3. The fraction of sp³-hybridized carbons (Fsp3) is 0.304. The van der Waals surface area contributed by atoms with Crippen molar-refractivity contribution in [3.05, 3.63) is 75.4 Å². The molecule has 0 saturated carbocycles. The molecule has 2 aromatic carbocycles. The van der Waals surface area contributed by atoms with Crippen molar-refractivity contribution in [3.63, 3.8) is 0 Å². The van der Waals surface area contributed by atoms with Crippen LogP contribution < -0.4 is 0 Å². The first kappa shape index (κ1) is 18.6. The first-order valence-corrected chi connectivity index (χ1v) is 10.1. The van der Waals surface area contributed by atoms with Crippen LogP contribution in [-0.2, 0) is 19.4 Å². The van der Waals surface area contributed by atoms with E-state index in [1.807, 2.05) is 12.1 Å². The van der Waals surface area contributed by atoms with Gasteiger partial charge in [0.15, 0.2) is 0 Å². The molecule has 2 heterocycles. The van der Waals surface area contributed by atoms with Crippen molar-refractivity contribution in [2.45, 2.75) is 26.3 Å². The number of hydrogen-bond donors (Lipinski definition) is 0. The van der Waals surface area contributed by atoms with Gasteiger partial charge in [-0.05, 0) is 61.4 Å². The van der Waals surface area contributed by atoms with E-state index < -0.39 is 0 Å². The predicted molar refractivity (Wildman–Crippen MR) is 117 cm³/mol. The van der Waals surface area contributed by atoms with Crippen LogP contribution in [0.1, 0.15) is 22.4 Å². The molecule has 4 rings (SSSR count). The van der Waals surface area contributed by atoms with Crippen LogP contribution in [0.3, 0.4) is 0 Å². The van der Waals surface area contributed by atoms with Gasteiger partial charge in [0, 0.05) is 52.7 Å². The monoisotopic (exact) mass is 398 g/mol. The minimum absolute atomic E-state index is 0.648. The van der Waals surface area contributed by atoms with Crippen LogP contribution in [0.25, 0.3) is 16.5 Å². The standard InChI is InChI=1S/C23H24Cl2N2/c1-15-4-7-22-20(12-15)19-8-10-26(3)11-9-23(19)27(22)14-16(2)18-6-5-17(24)13-21(18)25/h4-7,12-13H,2,8-11,14H2,1,3H3. The fourth-order valence-corrected chi connectivity index (χ4v) is 4.64. The molecule has 1 aliphatic heterocycles. The average molecular weight is 399 g/mol. The second-order valence-corrected chi connectivity index (χ2v) is 8.41. The molecule has 4 heteroatoms. The highest BCUT2D eigenvalue weighted by atomic mass is 35.5. The Balaban J connectivity index is 1.80. The second kappa shape index (κ2) is 7.35. The van der Waals surface area contributed by atoms with Crippen molar-refractivity contribution < 1.29 is 0 Å². The van der Waals surface area contributed by atoms with Crippen LogP contribution in [0.5, 0.6) is 0 Å². The summed E-state index contributed by atoms with van der Waals surface area (Å²) >= 11 is 12.5. The van der Waals surface area contributed by atoms with Gasteiger partial charge in [-0.1, -0.05) is 47.5 Å².